The zero-order valence-electron chi connectivity index (χ0n) is 24.2. The van der Waals surface area contributed by atoms with Gasteiger partial charge in [-0.3, -0.25) is 9.36 Å². The molecule has 222 valence electrons. The second kappa shape index (κ2) is 10.7. The number of hydrogen-bond donors (Lipinski definition) is 1. The molecule has 5 rings (SSSR count). The molecule has 4 heterocycles. The maximum absolute atomic E-state index is 16.4. The van der Waals surface area contributed by atoms with E-state index in [1.165, 1.54) is 17.2 Å². The number of imidazole rings is 1. The van der Waals surface area contributed by atoms with Gasteiger partial charge in [-0.05, 0) is 69.0 Å². The number of nitrogens with one attached hydrogen (secondary N) is 1. The summed E-state index contributed by atoms with van der Waals surface area (Å²) in [5.74, 6) is 0.379. The van der Waals surface area contributed by atoms with Gasteiger partial charge in [0, 0.05) is 4.75 Å². The van der Waals surface area contributed by atoms with Gasteiger partial charge in [0.1, 0.15) is 12.2 Å². The number of fused-ring (bicyclic) bond motifs is 2. The molecule has 14 heteroatoms. The highest BCUT2D eigenvalue weighted by Crippen LogP contribution is 2.76. The Hall–Kier alpha value is -0.923. The van der Waals surface area contributed by atoms with Crippen LogP contribution in [0.3, 0.4) is 0 Å². The molecule has 0 radical (unpaired) electrons. The van der Waals surface area contributed by atoms with Gasteiger partial charge in [-0.15, -0.1) is 0 Å². The van der Waals surface area contributed by atoms with Crippen LogP contribution in [-0.2, 0) is 30.0 Å². The van der Waals surface area contributed by atoms with Gasteiger partial charge in [-0.25, -0.2) is 14.4 Å². The average Bonchev–Trinajstić information content (AvgIpc) is 3.48. The average molecular weight is 631 g/mol. The second-order valence-electron chi connectivity index (χ2n) is 13.0. The Labute approximate surface area is 245 Å². The molecule has 40 heavy (non-hydrogen) atoms. The Morgan fingerprint density at radius 3 is 2.83 bits per heavy atom. The lowest BCUT2D eigenvalue weighted by atomic mass is 9.77. The Morgan fingerprint density at radius 1 is 1.43 bits per heavy atom. The maximum atomic E-state index is 16.4. The van der Waals surface area contributed by atoms with Gasteiger partial charge in [0.15, 0.2) is 31.9 Å². The lowest BCUT2D eigenvalue weighted by molar-refractivity contribution is -0.0413. The number of alkyl halides is 1. The van der Waals surface area contributed by atoms with Crippen LogP contribution in [-0.4, -0.2) is 63.7 Å². The van der Waals surface area contributed by atoms with E-state index in [9.17, 15) is 4.79 Å². The molecule has 9 nitrogen and oxygen atoms in total. The smallest absolute Gasteiger partial charge is 0.278 e. The number of halogens is 1. The Kier molecular flexibility index (Phi) is 8.14. The first-order chi connectivity index (χ1) is 18.5. The van der Waals surface area contributed by atoms with Crippen LogP contribution in [0, 0.1) is 5.92 Å². The summed E-state index contributed by atoms with van der Waals surface area (Å²) in [7, 11) is -2.18. The molecular weight excluding hydrogens is 591 g/mol. The van der Waals surface area contributed by atoms with Gasteiger partial charge in [-0.1, -0.05) is 44.3 Å². The van der Waals surface area contributed by atoms with Crippen LogP contribution < -0.4 is 5.56 Å². The minimum absolute atomic E-state index is 0.0390. The van der Waals surface area contributed by atoms with Gasteiger partial charge < -0.3 is 23.2 Å². The first-order valence-electron chi connectivity index (χ1n) is 13.7. The fourth-order valence-electron chi connectivity index (χ4n) is 5.32. The van der Waals surface area contributed by atoms with Crippen molar-refractivity contribution in [3.05, 3.63) is 35.2 Å². The fraction of sp³-hybridized carbons (Fsp3) is 0.731. The molecule has 3 fully saturated rings. The van der Waals surface area contributed by atoms with E-state index in [1.807, 2.05) is 0 Å². The molecule has 1 saturated carbocycles. The zero-order chi connectivity index (χ0) is 29.3. The normalized spacial score (nSPS) is 36.7. The van der Waals surface area contributed by atoms with Crippen LogP contribution in [0.25, 0.3) is 11.2 Å². The van der Waals surface area contributed by atoms with E-state index < -0.39 is 44.2 Å². The van der Waals surface area contributed by atoms with E-state index in [0.29, 0.717) is 5.92 Å². The third kappa shape index (κ3) is 5.57. The molecule has 3 aliphatic rings. The maximum Gasteiger partial charge on any atom is 0.278 e. The summed E-state index contributed by atoms with van der Waals surface area (Å²) >= 11 is 7.58. The standard InChI is InChI=1S/C26H40FN4O5PS2Si/c1-15(2)16-9-10-26(6)18(11-16)35-37(38,39-26)36-21-17(12-33-40(7,8)25(3,4)5)34-24(19(21)27)31-14-30-20-22(31)28-13-29-23(20)32/h13-14,16-19,21,24H,1,9-12H2,2-8H3,(H,28,29,32)/t16-,17+,18+,19+,21+,24+,26+,37?/m0/s1. The van der Waals surface area contributed by atoms with Crippen LogP contribution in [0.1, 0.15) is 60.1 Å². The van der Waals surface area contributed by atoms with Crippen molar-refractivity contribution in [3.63, 3.8) is 0 Å². The van der Waals surface area contributed by atoms with E-state index in [-0.39, 0.29) is 33.7 Å². The Morgan fingerprint density at radius 2 is 2.15 bits per heavy atom. The van der Waals surface area contributed by atoms with Crippen LogP contribution in [0.5, 0.6) is 0 Å². The quantitative estimate of drug-likeness (QED) is 0.216. The van der Waals surface area contributed by atoms with E-state index in [2.05, 4.69) is 69.2 Å². The first kappa shape index (κ1) is 30.5. The van der Waals surface area contributed by atoms with Crippen LogP contribution in [0.15, 0.2) is 29.6 Å². The van der Waals surface area contributed by atoms with E-state index in [1.54, 1.807) is 11.4 Å². The molecule has 2 aromatic heterocycles. The van der Waals surface area contributed by atoms with Crippen LogP contribution in [0.4, 0.5) is 4.39 Å². The number of H-pyrrole nitrogens is 1. The number of aromatic amines is 1. The van der Waals surface area contributed by atoms with Crippen LogP contribution >= 0.6 is 17.1 Å². The highest BCUT2D eigenvalue weighted by atomic mass is 32.9. The highest BCUT2D eigenvalue weighted by molar-refractivity contribution is 8.68. The van der Waals surface area contributed by atoms with Crippen molar-refractivity contribution in [2.75, 3.05) is 6.61 Å². The summed E-state index contributed by atoms with van der Waals surface area (Å²) in [5, 5.41) is -0.0390. The largest absolute Gasteiger partial charge is 0.414 e. The monoisotopic (exact) mass is 630 g/mol. The van der Waals surface area contributed by atoms with Crippen molar-refractivity contribution in [1.82, 2.24) is 19.5 Å². The number of hydrogen-bond acceptors (Lipinski definition) is 9. The summed E-state index contributed by atoms with van der Waals surface area (Å²) in [6, 6.07) is 0. The van der Waals surface area contributed by atoms with Crippen molar-refractivity contribution in [2.45, 2.75) is 107 Å². The molecule has 0 spiro atoms. The molecule has 2 aliphatic heterocycles. The predicted molar refractivity (Wildman–Crippen MR) is 162 cm³/mol. The molecule has 2 aromatic rings. The number of nitrogens with zero attached hydrogens (tertiary/aromatic N) is 3. The molecule has 2 saturated heterocycles. The molecule has 0 bridgehead atoms. The van der Waals surface area contributed by atoms with Gasteiger partial charge in [0.25, 0.3) is 5.56 Å². The third-order valence-electron chi connectivity index (χ3n) is 9.01. The van der Waals surface area contributed by atoms with Gasteiger partial charge in [0.2, 0.25) is 5.69 Å². The van der Waals surface area contributed by atoms with Gasteiger partial charge in [-0.2, -0.15) is 0 Å². The van der Waals surface area contributed by atoms with Crippen molar-refractivity contribution in [1.29, 1.82) is 0 Å². The number of aromatic nitrogens is 4. The van der Waals surface area contributed by atoms with Crippen LogP contribution in [0.2, 0.25) is 18.1 Å². The number of allylic oxidation sites excluding steroid dienone is 1. The van der Waals surface area contributed by atoms with E-state index in [4.69, 9.17) is 30.0 Å². The van der Waals surface area contributed by atoms with E-state index >= 15 is 4.39 Å². The minimum Gasteiger partial charge on any atom is -0.414 e. The first-order valence-corrected chi connectivity index (χ1v) is 20.7. The fourth-order valence-corrected chi connectivity index (χ4v) is 13.9. The molecule has 1 unspecified atom stereocenters. The van der Waals surface area contributed by atoms with Crippen molar-refractivity contribution in [2.24, 2.45) is 5.92 Å². The molecule has 1 aliphatic carbocycles. The van der Waals surface area contributed by atoms with Crippen molar-refractivity contribution < 1.29 is 22.6 Å². The summed E-state index contributed by atoms with van der Waals surface area (Å²) in [6.45, 7) is 19.3. The lowest BCUT2D eigenvalue weighted by Gasteiger charge is -2.37. The van der Waals surface area contributed by atoms with Gasteiger partial charge in [0.05, 0.1) is 25.4 Å². The lowest BCUT2D eigenvalue weighted by Crippen LogP contribution is -2.44. The highest BCUT2D eigenvalue weighted by Gasteiger charge is 2.57. The topological polar surface area (TPSA) is 100 Å². The third-order valence-corrected chi connectivity index (χ3v) is 19.3. The van der Waals surface area contributed by atoms with Crippen molar-refractivity contribution >= 4 is 48.4 Å². The minimum atomic E-state index is -2.92. The molecule has 0 amide bonds. The van der Waals surface area contributed by atoms with Crippen molar-refractivity contribution in [3.8, 4) is 0 Å². The Balaban J connectivity index is 1.42. The molecular formula is C26H40FN4O5PS2Si. The SMILES string of the molecule is C=C(C)[C@H]1CC[C@@]2(C)SP(=S)(O[C@H]3[C@@H](F)[C@H](n4cnc5c(=O)[nH]cnc54)O[C@@H]3CO[Si](C)(C)C(C)(C)C)O[C@@H]2C1. The summed E-state index contributed by atoms with van der Waals surface area (Å²) < 4.78 is 43.5. The molecule has 8 atom stereocenters. The molecule has 1 N–H and O–H groups in total. The van der Waals surface area contributed by atoms with E-state index in [0.717, 1.165) is 24.8 Å². The summed E-state index contributed by atoms with van der Waals surface area (Å²) in [6.07, 6.45) is 0.875. The summed E-state index contributed by atoms with van der Waals surface area (Å²) in [4.78, 5) is 23.1. The van der Waals surface area contributed by atoms with Gasteiger partial charge >= 0.3 is 0 Å². The molecule has 0 aromatic carbocycles. The Bertz CT molecular complexity index is 1400. The second-order valence-corrected chi connectivity index (χ2v) is 24.3. The number of ether oxygens (including phenoxy) is 1. The zero-order valence-corrected chi connectivity index (χ0v) is 27.7. The number of rotatable bonds is 7. The summed E-state index contributed by atoms with van der Waals surface area (Å²) in [5.41, 5.74) is -1.82. The predicted octanol–water partition coefficient (Wildman–Crippen LogP) is 6.25.